The Balaban J connectivity index is 1.87. The van der Waals surface area contributed by atoms with Crippen molar-refractivity contribution >= 4 is 22.5 Å². The Morgan fingerprint density at radius 1 is 1.19 bits per heavy atom. The molecule has 1 aromatic heterocycles. The molecule has 0 saturated heterocycles. The summed E-state index contributed by atoms with van der Waals surface area (Å²) in [5.74, 6) is 0.474. The number of carbonyl (C=O) groups is 1. The number of aromatic amines is 1. The molecule has 0 atom stereocenters. The molecule has 1 amide bonds. The van der Waals surface area contributed by atoms with Crippen LogP contribution in [-0.4, -0.2) is 15.5 Å². The monoisotopic (exact) mass is 371 g/mol. The van der Waals surface area contributed by atoms with Crippen LogP contribution in [0.15, 0.2) is 27.8 Å². The maximum atomic E-state index is 12.9. The van der Waals surface area contributed by atoms with E-state index in [2.05, 4.69) is 10.3 Å². The number of H-pyrrole nitrogens is 1. The number of nitrogens with one attached hydrogen (secondary N) is 2. The minimum absolute atomic E-state index is 0.121. The zero-order valence-electron chi connectivity index (χ0n) is 16.4. The second-order valence-electron chi connectivity index (χ2n) is 8.64. The van der Waals surface area contributed by atoms with Gasteiger partial charge in [-0.05, 0) is 30.5 Å². The lowest BCUT2D eigenvalue weighted by Gasteiger charge is -2.21. The van der Waals surface area contributed by atoms with Gasteiger partial charge in [-0.15, -0.1) is 0 Å². The van der Waals surface area contributed by atoms with Crippen LogP contribution in [0.5, 0.6) is 0 Å². The summed E-state index contributed by atoms with van der Waals surface area (Å²) < 4.78 is 1.30. The van der Waals surface area contributed by atoms with Gasteiger partial charge in [0.15, 0.2) is 0 Å². The van der Waals surface area contributed by atoms with Crippen molar-refractivity contribution in [3.63, 3.8) is 0 Å². The minimum atomic E-state index is -0.528. The SMILES string of the molecule is CC(C)(C)C(=O)Nc1ccc2[nH]c(=O)n(CCC3CCCCC3)c(=O)c2c1. The lowest BCUT2D eigenvalue weighted by molar-refractivity contribution is -0.123. The number of nitrogens with zero attached hydrogens (tertiary/aromatic N) is 1. The molecule has 6 nitrogen and oxygen atoms in total. The van der Waals surface area contributed by atoms with Crippen LogP contribution in [0.1, 0.15) is 59.3 Å². The van der Waals surface area contributed by atoms with Gasteiger partial charge >= 0.3 is 5.69 Å². The number of carbonyl (C=O) groups excluding carboxylic acids is 1. The summed E-state index contributed by atoms with van der Waals surface area (Å²) in [4.78, 5) is 40.2. The van der Waals surface area contributed by atoms with E-state index in [0.717, 1.165) is 6.42 Å². The fourth-order valence-electron chi connectivity index (χ4n) is 3.64. The number of rotatable bonds is 4. The molecule has 0 radical (unpaired) electrons. The summed E-state index contributed by atoms with van der Waals surface area (Å²) in [6, 6.07) is 5.02. The van der Waals surface area contributed by atoms with Crippen molar-refractivity contribution < 1.29 is 4.79 Å². The Morgan fingerprint density at radius 3 is 2.56 bits per heavy atom. The Labute approximate surface area is 159 Å². The van der Waals surface area contributed by atoms with E-state index < -0.39 is 5.41 Å². The van der Waals surface area contributed by atoms with Crippen molar-refractivity contribution in [1.29, 1.82) is 0 Å². The molecule has 1 aromatic carbocycles. The van der Waals surface area contributed by atoms with Gasteiger partial charge < -0.3 is 10.3 Å². The summed E-state index contributed by atoms with van der Waals surface area (Å²) in [6.07, 6.45) is 6.99. The van der Waals surface area contributed by atoms with Crippen molar-refractivity contribution in [1.82, 2.24) is 9.55 Å². The first-order chi connectivity index (χ1) is 12.8. The molecule has 0 spiro atoms. The largest absolute Gasteiger partial charge is 0.328 e. The molecular weight excluding hydrogens is 342 g/mol. The van der Waals surface area contributed by atoms with Crippen LogP contribution in [0.3, 0.4) is 0 Å². The van der Waals surface area contributed by atoms with Crippen molar-refractivity contribution in [2.24, 2.45) is 11.3 Å². The molecule has 0 bridgehead atoms. The molecule has 2 aromatic rings. The number of amides is 1. The molecule has 1 saturated carbocycles. The zero-order valence-corrected chi connectivity index (χ0v) is 16.4. The molecule has 27 heavy (non-hydrogen) atoms. The average Bonchev–Trinajstić information content (AvgIpc) is 2.62. The summed E-state index contributed by atoms with van der Waals surface area (Å²) in [5, 5.41) is 3.26. The van der Waals surface area contributed by atoms with Gasteiger partial charge in [0.05, 0.1) is 10.9 Å². The molecule has 1 aliphatic rings. The van der Waals surface area contributed by atoms with Gasteiger partial charge in [0, 0.05) is 17.6 Å². The summed E-state index contributed by atoms with van der Waals surface area (Å²) in [5.41, 5.74) is -0.135. The zero-order chi connectivity index (χ0) is 19.6. The molecule has 3 rings (SSSR count). The van der Waals surface area contributed by atoms with Crippen molar-refractivity contribution in [3.8, 4) is 0 Å². The molecule has 146 valence electrons. The summed E-state index contributed by atoms with van der Waals surface area (Å²) in [7, 11) is 0. The smallest absolute Gasteiger partial charge is 0.326 e. The molecule has 6 heteroatoms. The fourth-order valence-corrected chi connectivity index (χ4v) is 3.64. The van der Waals surface area contributed by atoms with E-state index in [1.165, 1.54) is 36.7 Å². The van der Waals surface area contributed by atoms with Crippen LogP contribution in [0.4, 0.5) is 5.69 Å². The first-order valence-electron chi connectivity index (χ1n) is 9.84. The van der Waals surface area contributed by atoms with Crippen LogP contribution in [-0.2, 0) is 11.3 Å². The van der Waals surface area contributed by atoms with E-state index in [1.54, 1.807) is 18.2 Å². The second-order valence-corrected chi connectivity index (χ2v) is 8.64. The van der Waals surface area contributed by atoms with Gasteiger partial charge in [0.1, 0.15) is 0 Å². The van der Waals surface area contributed by atoms with Gasteiger partial charge in [-0.1, -0.05) is 52.9 Å². The first kappa shape index (κ1) is 19.4. The number of hydrogen-bond acceptors (Lipinski definition) is 3. The quantitative estimate of drug-likeness (QED) is 0.860. The van der Waals surface area contributed by atoms with Crippen molar-refractivity contribution in [2.45, 2.75) is 65.8 Å². The minimum Gasteiger partial charge on any atom is -0.326 e. The normalized spacial score (nSPS) is 15.8. The molecule has 0 unspecified atom stereocenters. The summed E-state index contributed by atoms with van der Waals surface area (Å²) in [6.45, 7) is 5.94. The van der Waals surface area contributed by atoms with Crippen LogP contribution in [0.2, 0.25) is 0 Å². The van der Waals surface area contributed by atoms with E-state index in [4.69, 9.17) is 0 Å². The number of hydrogen-bond donors (Lipinski definition) is 2. The van der Waals surface area contributed by atoms with E-state index in [9.17, 15) is 14.4 Å². The van der Waals surface area contributed by atoms with Crippen LogP contribution < -0.4 is 16.6 Å². The van der Waals surface area contributed by atoms with Crippen LogP contribution in [0.25, 0.3) is 10.9 Å². The number of anilines is 1. The van der Waals surface area contributed by atoms with E-state index >= 15 is 0 Å². The summed E-state index contributed by atoms with van der Waals surface area (Å²) >= 11 is 0. The van der Waals surface area contributed by atoms with Gasteiger partial charge in [0.25, 0.3) is 5.56 Å². The third-order valence-corrected chi connectivity index (χ3v) is 5.41. The van der Waals surface area contributed by atoms with Crippen LogP contribution >= 0.6 is 0 Å². The second kappa shape index (κ2) is 7.71. The lowest BCUT2D eigenvalue weighted by Crippen LogP contribution is -2.35. The van der Waals surface area contributed by atoms with E-state index in [-0.39, 0.29) is 17.2 Å². The van der Waals surface area contributed by atoms with Gasteiger partial charge in [-0.3, -0.25) is 14.2 Å². The van der Waals surface area contributed by atoms with E-state index in [0.29, 0.717) is 29.1 Å². The molecule has 0 aliphatic heterocycles. The predicted octanol–water partition coefficient (Wildman–Crippen LogP) is 3.64. The fraction of sp³-hybridized carbons (Fsp3) is 0.571. The highest BCUT2D eigenvalue weighted by molar-refractivity contribution is 5.96. The molecule has 2 N–H and O–H groups in total. The van der Waals surface area contributed by atoms with Gasteiger partial charge in [-0.2, -0.15) is 0 Å². The molecule has 1 fully saturated rings. The van der Waals surface area contributed by atoms with Crippen LogP contribution in [0, 0.1) is 11.3 Å². The topological polar surface area (TPSA) is 84.0 Å². The number of benzene rings is 1. The Bertz CT molecular complexity index is 944. The lowest BCUT2D eigenvalue weighted by atomic mass is 9.87. The first-order valence-corrected chi connectivity index (χ1v) is 9.84. The maximum Gasteiger partial charge on any atom is 0.328 e. The predicted molar refractivity (Wildman–Crippen MR) is 108 cm³/mol. The van der Waals surface area contributed by atoms with E-state index in [1.807, 2.05) is 20.8 Å². The molecule has 1 heterocycles. The van der Waals surface area contributed by atoms with Crippen molar-refractivity contribution in [3.05, 3.63) is 39.0 Å². The highest BCUT2D eigenvalue weighted by atomic mass is 16.2. The standard InChI is InChI=1S/C21H29N3O3/c1-21(2,3)19(26)22-15-9-10-17-16(13-15)18(25)24(20(27)23-17)12-11-14-7-5-4-6-8-14/h9-10,13-14H,4-8,11-12H2,1-3H3,(H,22,26)(H,23,27). The number of fused-ring (bicyclic) bond motifs is 1. The Kier molecular flexibility index (Phi) is 5.53. The van der Waals surface area contributed by atoms with Gasteiger partial charge in [0.2, 0.25) is 5.91 Å². The molecule has 1 aliphatic carbocycles. The highest BCUT2D eigenvalue weighted by Gasteiger charge is 2.21. The Morgan fingerprint density at radius 2 is 1.89 bits per heavy atom. The Hall–Kier alpha value is -2.37. The van der Waals surface area contributed by atoms with Gasteiger partial charge in [-0.25, -0.2) is 4.79 Å². The number of aromatic nitrogens is 2. The highest BCUT2D eigenvalue weighted by Crippen LogP contribution is 2.26. The third kappa shape index (κ3) is 4.49. The maximum absolute atomic E-state index is 12.9. The molecular formula is C21H29N3O3. The van der Waals surface area contributed by atoms with Crippen molar-refractivity contribution in [2.75, 3.05) is 5.32 Å². The average molecular weight is 371 g/mol. The third-order valence-electron chi connectivity index (χ3n) is 5.41.